The van der Waals surface area contributed by atoms with Gasteiger partial charge in [0.2, 0.25) is 0 Å². The van der Waals surface area contributed by atoms with Crippen LogP contribution in [0.1, 0.15) is 15.9 Å². The van der Waals surface area contributed by atoms with E-state index in [1.54, 1.807) is 18.2 Å². The zero-order chi connectivity index (χ0) is 14.7. The van der Waals surface area contributed by atoms with E-state index < -0.39 is 11.5 Å². The van der Waals surface area contributed by atoms with E-state index in [4.69, 9.17) is 5.26 Å². The molecule has 20 heavy (non-hydrogen) atoms. The van der Waals surface area contributed by atoms with Gasteiger partial charge in [-0.05, 0) is 23.8 Å². The van der Waals surface area contributed by atoms with Crippen LogP contribution >= 0.6 is 15.9 Å². The van der Waals surface area contributed by atoms with Crippen molar-refractivity contribution in [2.75, 3.05) is 7.11 Å². The maximum Gasteiger partial charge on any atom is 0.339 e. The number of halogens is 1. The summed E-state index contributed by atoms with van der Waals surface area (Å²) in [4.78, 5) is 26.1. The Labute approximate surface area is 122 Å². The molecule has 6 heteroatoms. The lowest BCUT2D eigenvalue weighted by molar-refractivity contribution is 0.0600. The van der Waals surface area contributed by atoms with Crippen molar-refractivity contribution in [3.8, 4) is 17.3 Å². The molecular weight excluding hydrogens is 324 g/mol. The van der Waals surface area contributed by atoms with Crippen LogP contribution < -0.4 is 5.56 Å². The third-order valence-electron chi connectivity index (χ3n) is 2.71. The Bertz CT molecular complexity index is 757. The van der Waals surface area contributed by atoms with E-state index in [0.717, 1.165) is 10.0 Å². The minimum Gasteiger partial charge on any atom is -0.465 e. The van der Waals surface area contributed by atoms with E-state index in [-0.39, 0.29) is 11.1 Å². The highest BCUT2D eigenvalue weighted by Gasteiger charge is 2.17. The average Bonchev–Trinajstić information content (AvgIpc) is 2.46. The van der Waals surface area contributed by atoms with Gasteiger partial charge in [-0.2, -0.15) is 5.26 Å². The van der Waals surface area contributed by atoms with E-state index in [2.05, 4.69) is 25.7 Å². The molecule has 5 nitrogen and oxygen atoms in total. The summed E-state index contributed by atoms with van der Waals surface area (Å²) >= 11 is 3.32. The monoisotopic (exact) mass is 332 g/mol. The summed E-state index contributed by atoms with van der Waals surface area (Å²) in [7, 11) is 1.20. The number of methoxy groups -OCH3 is 1. The quantitative estimate of drug-likeness (QED) is 0.856. The Morgan fingerprint density at radius 3 is 2.55 bits per heavy atom. The van der Waals surface area contributed by atoms with Crippen LogP contribution in [0.15, 0.2) is 39.6 Å². The molecule has 0 aliphatic carbocycles. The van der Waals surface area contributed by atoms with Gasteiger partial charge in [-0.25, -0.2) is 4.79 Å². The van der Waals surface area contributed by atoms with Crippen LogP contribution in [-0.4, -0.2) is 18.1 Å². The van der Waals surface area contributed by atoms with Crippen molar-refractivity contribution >= 4 is 21.9 Å². The van der Waals surface area contributed by atoms with E-state index in [0.29, 0.717) is 5.69 Å². The minimum atomic E-state index is -0.717. The fraction of sp³-hybridized carbons (Fsp3) is 0.0714. The first-order chi connectivity index (χ1) is 9.56. The first-order valence-electron chi connectivity index (χ1n) is 5.58. The van der Waals surface area contributed by atoms with Gasteiger partial charge >= 0.3 is 5.97 Å². The first kappa shape index (κ1) is 14.0. The van der Waals surface area contributed by atoms with Gasteiger partial charge in [0.15, 0.2) is 0 Å². The Kier molecular flexibility index (Phi) is 4.01. The fourth-order valence-corrected chi connectivity index (χ4v) is 1.99. The number of carbonyl (C=O) groups is 1. The molecule has 0 atom stereocenters. The van der Waals surface area contributed by atoms with Gasteiger partial charge in [-0.1, -0.05) is 28.1 Å². The van der Waals surface area contributed by atoms with Gasteiger partial charge in [0.1, 0.15) is 11.6 Å². The van der Waals surface area contributed by atoms with Crippen LogP contribution in [0.2, 0.25) is 0 Å². The molecule has 0 saturated carbocycles. The molecular formula is C14H9BrN2O3. The molecule has 1 aromatic heterocycles. The van der Waals surface area contributed by atoms with Gasteiger partial charge in [0, 0.05) is 10.2 Å². The number of ether oxygens (including phenoxy) is 1. The van der Waals surface area contributed by atoms with Crippen molar-refractivity contribution in [1.82, 2.24) is 4.98 Å². The second-order valence-corrected chi connectivity index (χ2v) is 4.83. The van der Waals surface area contributed by atoms with Gasteiger partial charge in [0.25, 0.3) is 5.56 Å². The number of rotatable bonds is 2. The first-order valence-corrected chi connectivity index (χ1v) is 6.37. The summed E-state index contributed by atoms with van der Waals surface area (Å²) in [5.74, 6) is -0.717. The number of pyridine rings is 1. The number of carbonyl (C=O) groups excluding carboxylic acids is 1. The Morgan fingerprint density at radius 2 is 2.00 bits per heavy atom. The number of aromatic amines is 1. The van der Waals surface area contributed by atoms with Crippen LogP contribution in [0.4, 0.5) is 0 Å². The molecule has 0 spiro atoms. The predicted octanol–water partition coefficient (Wildman–Crippen LogP) is 2.46. The minimum absolute atomic E-state index is 0.0448. The van der Waals surface area contributed by atoms with Crippen molar-refractivity contribution < 1.29 is 9.53 Å². The molecule has 2 rings (SSSR count). The van der Waals surface area contributed by atoms with Crippen molar-refractivity contribution in [3.05, 3.63) is 56.3 Å². The molecule has 0 unspecified atom stereocenters. The molecule has 0 bridgehead atoms. The van der Waals surface area contributed by atoms with Crippen LogP contribution in [0.3, 0.4) is 0 Å². The number of aromatic nitrogens is 1. The maximum absolute atomic E-state index is 11.9. The summed E-state index contributed by atoms with van der Waals surface area (Å²) in [6.45, 7) is 0. The summed E-state index contributed by atoms with van der Waals surface area (Å²) in [5.41, 5.74) is 0.254. The van der Waals surface area contributed by atoms with Crippen LogP contribution in [0.5, 0.6) is 0 Å². The number of benzene rings is 1. The third-order valence-corrected chi connectivity index (χ3v) is 3.23. The number of hydrogen-bond acceptors (Lipinski definition) is 4. The fourth-order valence-electron chi connectivity index (χ4n) is 1.73. The van der Waals surface area contributed by atoms with E-state index in [9.17, 15) is 9.59 Å². The number of nitrogens with zero attached hydrogens (tertiary/aromatic N) is 1. The number of nitriles is 1. The predicted molar refractivity (Wildman–Crippen MR) is 76.3 cm³/mol. The Hall–Kier alpha value is -2.39. The molecule has 2 aromatic rings. The second kappa shape index (κ2) is 5.72. The lowest BCUT2D eigenvalue weighted by Crippen LogP contribution is -2.17. The third kappa shape index (κ3) is 2.63. The molecule has 1 heterocycles. The zero-order valence-corrected chi connectivity index (χ0v) is 12.0. The number of H-pyrrole nitrogens is 1. The standard InChI is InChI=1S/C14H9BrN2O3/c1-20-14(19)10-6-12(17-13(18)11(10)7-16)8-2-4-9(15)5-3-8/h2-6H,1H3,(H,17,18). The Morgan fingerprint density at radius 1 is 1.35 bits per heavy atom. The molecule has 1 aromatic carbocycles. The molecule has 0 radical (unpaired) electrons. The van der Waals surface area contributed by atoms with Crippen molar-refractivity contribution in [2.45, 2.75) is 0 Å². The molecule has 0 fully saturated rings. The maximum atomic E-state index is 11.9. The van der Waals surface area contributed by atoms with Gasteiger partial charge < -0.3 is 9.72 Å². The highest BCUT2D eigenvalue weighted by atomic mass is 79.9. The van der Waals surface area contributed by atoms with Gasteiger partial charge in [-0.3, -0.25) is 4.79 Å². The van der Waals surface area contributed by atoms with Gasteiger partial charge in [-0.15, -0.1) is 0 Å². The van der Waals surface area contributed by atoms with Gasteiger partial charge in [0.05, 0.1) is 12.7 Å². The van der Waals surface area contributed by atoms with Crippen LogP contribution in [0.25, 0.3) is 11.3 Å². The number of hydrogen-bond donors (Lipinski definition) is 1. The molecule has 0 aliphatic rings. The van der Waals surface area contributed by atoms with Crippen LogP contribution in [-0.2, 0) is 4.74 Å². The summed E-state index contributed by atoms with van der Waals surface area (Å²) in [6.07, 6.45) is 0. The smallest absolute Gasteiger partial charge is 0.339 e. The SMILES string of the molecule is COC(=O)c1cc(-c2ccc(Br)cc2)[nH]c(=O)c1C#N. The highest BCUT2D eigenvalue weighted by Crippen LogP contribution is 2.21. The summed E-state index contributed by atoms with van der Waals surface area (Å²) < 4.78 is 5.49. The molecule has 0 saturated heterocycles. The molecule has 1 N–H and O–H groups in total. The van der Waals surface area contributed by atoms with Crippen molar-refractivity contribution in [1.29, 1.82) is 5.26 Å². The average molecular weight is 333 g/mol. The van der Waals surface area contributed by atoms with Crippen molar-refractivity contribution in [3.63, 3.8) is 0 Å². The molecule has 0 aliphatic heterocycles. The molecule has 100 valence electrons. The number of esters is 1. The second-order valence-electron chi connectivity index (χ2n) is 3.91. The number of nitrogens with one attached hydrogen (secondary N) is 1. The largest absolute Gasteiger partial charge is 0.465 e. The lowest BCUT2D eigenvalue weighted by atomic mass is 10.1. The van der Waals surface area contributed by atoms with Crippen molar-refractivity contribution in [2.24, 2.45) is 0 Å². The Balaban J connectivity index is 2.65. The van der Waals surface area contributed by atoms with E-state index >= 15 is 0 Å². The van der Waals surface area contributed by atoms with E-state index in [1.165, 1.54) is 13.2 Å². The lowest BCUT2D eigenvalue weighted by Gasteiger charge is -2.06. The van der Waals surface area contributed by atoms with Crippen LogP contribution in [0, 0.1) is 11.3 Å². The normalized spacial score (nSPS) is 9.85. The van der Waals surface area contributed by atoms with E-state index in [1.807, 2.05) is 12.1 Å². The topological polar surface area (TPSA) is 83.0 Å². The molecule has 0 amide bonds. The highest BCUT2D eigenvalue weighted by molar-refractivity contribution is 9.10. The zero-order valence-electron chi connectivity index (χ0n) is 10.4. The summed E-state index contributed by atoms with van der Waals surface area (Å²) in [5, 5.41) is 8.96. The summed E-state index contributed by atoms with van der Waals surface area (Å²) in [6, 6.07) is 10.3.